The van der Waals surface area contributed by atoms with Crippen LogP contribution in [0.2, 0.25) is 18.1 Å². The Morgan fingerprint density at radius 3 is 1.43 bits per heavy atom. The van der Waals surface area contributed by atoms with Crippen LogP contribution in [0.3, 0.4) is 0 Å². The summed E-state index contributed by atoms with van der Waals surface area (Å²) in [7, 11) is -1.91. The lowest BCUT2D eigenvalue weighted by Gasteiger charge is -2.37. The van der Waals surface area contributed by atoms with E-state index in [0.29, 0.717) is 19.6 Å². The quantitative estimate of drug-likeness (QED) is 0.0498. The normalized spacial score (nSPS) is 13.1. The van der Waals surface area contributed by atoms with Gasteiger partial charge in [0.05, 0.1) is 13.2 Å². The fourth-order valence-corrected chi connectivity index (χ4v) is 5.75. The average molecular weight is 585 g/mol. The molecule has 0 spiro atoms. The van der Waals surface area contributed by atoms with Crippen LogP contribution in [0.1, 0.15) is 176 Å². The molecule has 4 nitrogen and oxygen atoms in total. The van der Waals surface area contributed by atoms with E-state index >= 15 is 0 Å². The number of esters is 1. The van der Waals surface area contributed by atoms with Crippen LogP contribution in [0.15, 0.2) is 0 Å². The van der Waals surface area contributed by atoms with Crippen LogP contribution in [-0.2, 0) is 18.7 Å². The molecule has 0 aliphatic carbocycles. The summed E-state index contributed by atoms with van der Waals surface area (Å²) in [5.41, 5.74) is 0. The first-order chi connectivity index (χ1) is 19.1. The summed E-state index contributed by atoms with van der Waals surface area (Å²) >= 11 is 0. The summed E-state index contributed by atoms with van der Waals surface area (Å²) in [5.74, 6) is -0.0951. The molecule has 0 N–H and O–H groups in total. The molecule has 0 rings (SSSR count). The van der Waals surface area contributed by atoms with Gasteiger partial charge >= 0.3 is 5.97 Å². The third-order valence-corrected chi connectivity index (χ3v) is 13.2. The van der Waals surface area contributed by atoms with Crippen molar-refractivity contribution >= 4 is 14.3 Å². The van der Waals surface area contributed by atoms with Crippen LogP contribution in [0, 0.1) is 0 Å². The molecule has 240 valence electrons. The highest BCUT2D eigenvalue weighted by Crippen LogP contribution is 2.36. The highest BCUT2D eigenvalue weighted by molar-refractivity contribution is 6.74. The summed E-state index contributed by atoms with van der Waals surface area (Å²) in [5, 5.41) is 0.133. The van der Waals surface area contributed by atoms with Crippen LogP contribution in [0.5, 0.6) is 0 Å². The van der Waals surface area contributed by atoms with Gasteiger partial charge in [-0.2, -0.15) is 0 Å². The fourth-order valence-electron chi connectivity index (χ4n) is 4.72. The van der Waals surface area contributed by atoms with Crippen molar-refractivity contribution in [2.24, 2.45) is 0 Å². The molecule has 0 aliphatic rings. The summed E-state index contributed by atoms with van der Waals surface area (Å²) in [6, 6.07) is 0. The second-order valence-electron chi connectivity index (χ2n) is 13.7. The van der Waals surface area contributed by atoms with Crippen molar-refractivity contribution in [1.82, 2.24) is 0 Å². The molecule has 0 amide bonds. The molecular formula is C35H72O4Si. The number of hydrogen-bond donors (Lipinski definition) is 0. The lowest BCUT2D eigenvalue weighted by Crippen LogP contribution is -2.44. The molecule has 0 bridgehead atoms. The zero-order chi connectivity index (χ0) is 30.0. The summed E-state index contributed by atoms with van der Waals surface area (Å²) < 4.78 is 18.3. The lowest BCUT2D eigenvalue weighted by molar-refractivity contribution is -0.154. The second kappa shape index (κ2) is 26.3. The third-order valence-electron chi connectivity index (χ3n) is 8.66. The zero-order valence-corrected chi connectivity index (χ0v) is 29.4. The second-order valence-corrected chi connectivity index (χ2v) is 18.5. The van der Waals surface area contributed by atoms with E-state index in [1.807, 2.05) is 0 Å². The largest absolute Gasteiger partial charge is 0.457 e. The Balaban J connectivity index is 4.18. The molecule has 40 heavy (non-hydrogen) atoms. The number of carbonyl (C=O) groups is 1. The number of carbonyl (C=O) groups excluding carboxylic acids is 1. The Morgan fingerprint density at radius 1 is 0.600 bits per heavy atom. The molecule has 0 aromatic carbocycles. The average Bonchev–Trinajstić information content (AvgIpc) is 2.90. The maximum absolute atomic E-state index is 12.6. The summed E-state index contributed by atoms with van der Waals surface area (Å²) in [6.45, 7) is 17.4. The Morgan fingerprint density at radius 2 is 1.00 bits per heavy atom. The number of unbranched alkanes of at least 4 members (excludes halogenated alkanes) is 19. The van der Waals surface area contributed by atoms with Crippen molar-refractivity contribution in [3.8, 4) is 0 Å². The number of ether oxygens (including phenoxy) is 2. The zero-order valence-electron chi connectivity index (χ0n) is 28.4. The molecule has 0 aromatic heterocycles. The van der Waals surface area contributed by atoms with Gasteiger partial charge in [0.25, 0.3) is 0 Å². The smallest absolute Gasteiger partial charge is 0.306 e. The van der Waals surface area contributed by atoms with Crippen LogP contribution in [0.25, 0.3) is 0 Å². The molecule has 0 saturated carbocycles. The minimum Gasteiger partial charge on any atom is -0.457 e. The van der Waals surface area contributed by atoms with Crippen molar-refractivity contribution < 1.29 is 18.7 Å². The van der Waals surface area contributed by atoms with Gasteiger partial charge in [-0.25, -0.2) is 0 Å². The van der Waals surface area contributed by atoms with Gasteiger partial charge in [-0.15, -0.1) is 0 Å². The van der Waals surface area contributed by atoms with E-state index in [4.69, 9.17) is 13.9 Å². The van der Waals surface area contributed by atoms with Crippen molar-refractivity contribution in [3.63, 3.8) is 0 Å². The van der Waals surface area contributed by atoms with E-state index in [1.165, 1.54) is 116 Å². The molecule has 0 aliphatic heterocycles. The Labute approximate surface area is 252 Å². The Kier molecular flexibility index (Phi) is 26.0. The molecule has 1 unspecified atom stereocenters. The number of hydrogen-bond acceptors (Lipinski definition) is 4. The van der Waals surface area contributed by atoms with Gasteiger partial charge in [-0.1, -0.05) is 157 Å². The van der Waals surface area contributed by atoms with Crippen LogP contribution < -0.4 is 0 Å². The van der Waals surface area contributed by atoms with E-state index in [-0.39, 0.29) is 17.1 Å². The highest BCUT2D eigenvalue weighted by Gasteiger charge is 2.38. The minimum atomic E-state index is -1.91. The monoisotopic (exact) mass is 585 g/mol. The van der Waals surface area contributed by atoms with Crippen molar-refractivity contribution in [2.75, 3.05) is 19.8 Å². The molecule has 0 radical (unpaired) electrons. The van der Waals surface area contributed by atoms with Crippen LogP contribution >= 0.6 is 0 Å². The first-order valence-corrected chi connectivity index (χ1v) is 20.5. The van der Waals surface area contributed by atoms with Crippen molar-refractivity contribution in [2.45, 2.75) is 200 Å². The fraction of sp³-hybridized carbons (Fsp3) is 0.971. The standard InChI is InChI=1S/C35H72O4Si/c1-8-10-12-14-16-18-20-21-23-25-27-29-34(36)39-33(32-38-40(6,7)35(3,4)5)31-37-30-28-26-24-22-19-17-15-13-11-9-2/h33H,8-32H2,1-7H3. The molecule has 0 saturated heterocycles. The maximum Gasteiger partial charge on any atom is 0.306 e. The minimum absolute atomic E-state index is 0.0951. The molecule has 0 fully saturated rings. The van der Waals surface area contributed by atoms with E-state index in [2.05, 4.69) is 47.7 Å². The van der Waals surface area contributed by atoms with Crippen LogP contribution in [-0.4, -0.2) is 40.2 Å². The molecule has 1 atom stereocenters. The highest BCUT2D eigenvalue weighted by atomic mass is 28.4. The lowest BCUT2D eigenvalue weighted by atomic mass is 10.1. The van der Waals surface area contributed by atoms with Crippen LogP contribution in [0.4, 0.5) is 0 Å². The molecular weight excluding hydrogens is 512 g/mol. The Bertz CT molecular complexity index is 558. The first-order valence-electron chi connectivity index (χ1n) is 17.5. The number of rotatable bonds is 29. The molecule has 0 aromatic rings. The van der Waals surface area contributed by atoms with Gasteiger partial charge in [0.2, 0.25) is 0 Å². The van der Waals surface area contributed by atoms with E-state index < -0.39 is 8.32 Å². The first kappa shape index (κ1) is 39.6. The van der Waals surface area contributed by atoms with E-state index in [9.17, 15) is 4.79 Å². The van der Waals surface area contributed by atoms with Gasteiger partial charge in [-0.05, 0) is 31.0 Å². The maximum atomic E-state index is 12.6. The van der Waals surface area contributed by atoms with Gasteiger partial charge in [0.15, 0.2) is 8.32 Å². The molecule has 5 heteroatoms. The van der Waals surface area contributed by atoms with Crippen molar-refractivity contribution in [1.29, 1.82) is 0 Å². The summed E-state index contributed by atoms with van der Waals surface area (Å²) in [4.78, 5) is 12.6. The van der Waals surface area contributed by atoms with E-state index in [0.717, 1.165) is 25.9 Å². The van der Waals surface area contributed by atoms with Gasteiger partial charge < -0.3 is 13.9 Å². The SMILES string of the molecule is CCCCCCCCCCCCCC(=O)OC(COCCCCCCCCCCCC)CO[Si](C)(C)C(C)(C)C. The predicted octanol–water partition coefficient (Wildman–Crippen LogP) is 11.6. The Hall–Kier alpha value is -0.393. The van der Waals surface area contributed by atoms with Gasteiger partial charge in [0, 0.05) is 13.0 Å². The van der Waals surface area contributed by atoms with Crippen molar-refractivity contribution in [3.05, 3.63) is 0 Å². The summed E-state index contributed by atoms with van der Waals surface area (Å²) in [6.07, 6.45) is 27.5. The van der Waals surface area contributed by atoms with Gasteiger partial charge in [-0.3, -0.25) is 4.79 Å². The topological polar surface area (TPSA) is 44.8 Å². The molecule has 0 heterocycles. The van der Waals surface area contributed by atoms with Gasteiger partial charge in [0.1, 0.15) is 6.10 Å². The predicted molar refractivity (Wildman–Crippen MR) is 177 cm³/mol. The van der Waals surface area contributed by atoms with E-state index in [1.54, 1.807) is 0 Å². The third kappa shape index (κ3) is 24.2.